The molecule has 6 heteroatoms. The van der Waals surface area contributed by atoms with E-state index in [0.717, 1.165) is 28.9 Å². The number of aromatic nitrogens is 2. The zero-order chi connectivity index (χ0) is 19.1. The van der Waals surface area contributed by atoms with Crippen LogP contribution in [0.25, 0.3) is 21.3 Å². The maximum absolute atomic E-state index is 13.1. The van der Waals surface area contributed by atoms with Gasteiger partial charge in [0.1, 0.15) is 10.6 Å². The van der Waals surface area contributed by atoms with Gasteiger partial charge in [-0.1, -0.05) is 30.3 Å². The van der Waals surface area contributed by atoms with E-state index in [-0.39, 0.29) is 17.9 Å². The Morgan fingerprint density at radius 2 is 2.04 bits per heavy atom. The van der Waals surface area contributed by atoms with Gasteiger partial charge in [-0.25, -0.2) is 4.98 Å². The van der Waals surface area contributed by atoms with Crippen LogP contribution in [0.15, 0.2) is 65.0 Å². The highest BCUT2D eigenvalue weighted by Crippen LogP contribution is 2.30. The lowest BCUT2D eigenvalue weighted by atomic mass is 10.1. The van der Waals surface area contributed by atoms with Crippen LogP contribution in [0.4, 0.5) is 0 Å². The van der Waals surface area contributed by atoms with Gasteiger partial charge in [0.25, 0.3) is 5.56 Å². The molecule has 4 aromatic rings. The Labute approximate surface area is 164 Å². The van der Waals surface area contributed by atoms with Crippen molar-refractivity contribution in [2.24, 2.45) is 0 Å². The van der Waals surface area contributed by atoms with Crippen LogP contribution in [0.3, 0.4) is 0 Å². The Morgan fingerprint density at radius 3 is 2.89 bits per heavy atom. The molecule has 2 aromatic carbocycles. The number of ketones is 1. The summed E-state index contributed by atoms with van der Waals surface area (Å²) in [6.45, 7) is 0.610. The molecule has 1 aliphatic heterocycles. The van der Waals surface area contributed by atoms with E-state index in [1.54, 1.807) is 6.07 Å². The summed E-state index contributed by atoms with van der Waals surface area (Å²) in [6.07, 6.45) is 2.27. The summed E-state index contributed by atoms with van der Waals surface area (Å²) in [4.78, 5) is 30.9. The molecule has 0 bridgehead atoms. The second-order valence-electron chi connectivity index (χ2n) is 6.72. The van der Waals surface area contributed by atoms with E-state index in [2.05, 4.69) is 4.98 Å². The van der Waals surface area contributed by atoms with Crippen LogP contribution in [0.2, 0.25) is 0 Å². The molecular weight excluding hydrogens is 372 g/mol. The van der Waals surface area contributed by atoms with Crippen LogP contribution < -0.4 is 10.3 Å². The van der Waals surface area contributed by atoms with Gasteiger partial charge < -0.3 is 4.74 Å². The third-order valence-electron chi connectivity index (χ3n) is 4.97. The molecule has 0 unspecified atom stereocenters. The Kier molecular flexibility index (Phi) is 4.06. The van der Waals surface area contributed by atoms with Crippen molar-refractivity contribution in [1.29, 1.82) is 0 Å². The van der Waals surface area contributed by atoms with Crippen LogP contribution in [0, 0.1) is 0 Å². The first kappa shape index (κ1) is 16.9. The number of rotatable bonds is 4. The molecule has 0 fully saturated rings. The number of carbonyl (C=O) groups excluding carboxylic acids is 1. The third-order valence-corrected chi connectivity index (χ3v) is 5.86. The molecular formula is C22H16N2O3S. The smallest absolute Gasteiger partial charge is 0.263 e. The van der Waals surface area contributed by atoms with Crippen LogP contribution in [0.5, 0.6) is 5.75 Å². The average Bonchev–Trinajstić information content (AvgIpc) is 3.37. The molecule has 1 aliphatic rings. The van der Waals surface area contributed by atoms with Crippen LogP contribution in [0.1, 0.15) is 15.9 Å². The largest absolute Gasteiger partial charge is 0.493 e. The van der Waals surface area contributed by atoms with Gasteiger partial charge >= 0.3 is 0 Å². The lowest BCUT2D eigenvalue weighted by Crippen LogP contribution is -2.24. The molecule has 0 spiro atoms. The summed E-state index contributed by atoms with van der Waals surface area (Å²) in [6, 6.07) is 15.2. The SMILES string of the molecule is O=C(Cn1cnc2scc(-c3ccccc3)c2c1=O)c1ccc2c(c1)CCO2. The van der Waals surface area contributed by atoms with E-state index >= 15 is 0 Å². The van der Waals surface area contributed by atoms with Gasteiger partial charge in [-0.2, -0.15) is 0 Å². The van der Waals surface area contributed by atoms with Gasteiger partial charge in [0.05, 0.1) is 24.9 Å². The van der Waals surface area contributed by atoms with E-state index in [1.165, 1.54) is 22.2 Å². The van der Waals surface area contributed by atoms with Crippen LogP contribution in [-0.2, 0) is 13.0 Å². The molecule has 0 amide bonds. The van der Waals surface area contributed by atoms with Gasteiger partial charge in [0.2, 0.25) is 0 Å². The summed E-state index contributed by atoms with van der Waals surface area (Å²) < 4.78 is 6.89. The fraction of sp³-hybridized carbons (Fsp3) is 0.136. The second-order valence-corrected chi connectivity index (χ2v) is 7.58. The summed E-state index contributed by atoms with van der Waals surface area (Å²) in [5, 5.41) is 2.51. The molecule has 5 nitrogen and oxygen atoms in total. The normalized spacial score (nSPS) is 12.7. The fourth-order valence-corrected chi connectivity index (χ4v) is 4.42. The zero-order valence-corrected chi connectivity index (χ0v) is 15.7. The van der Waals surface area contributed by atoms with E-state index < -0.39 is 0 Å². The average molecular weight is 388 g/mol. The Balaban J connectivity index is 1.52. The number of ether oxygens (including phenoxy) is 1. The summed E-state index contributed by atoms with van der Waals surface area (Å²) in [5.74, 6) is 0.719. The van der Waals surface area contributed by atoms with Gasteiger partial charge in [0, 0.05) is 22.9 Å². The quantitative estimate of drug-likeness (QED) is 0.497. The Morgan fingerprint density at radius 1 is 1.18 bits per heavy atom. The number of thiophene rings is 1. The molecule has 3 heterocycles. The molecule has 138 valence electrons. The second kappa shape index (κ2) is 6.73. The maximum Gasteiger partial charge on any atom is 0.263 e. The molecule has 0 radical (unpaired) electrons. The minimum absolute atomic E-state index is 0.0362. The molecule has 0 aliphatic carbocycles. The highest BCUT2D eigenvalue weighted by Gasteiger charge is 2.18. The van der Waals surface area contributed by atoms with Crippen molar-refractivity contribution in [3.8, 4) is 16.9 Å². The van der Waals surface area contributed by atoms with Crippen LogP contribution in [-0.4, -0.2) is 21.9 Å². The summed E-state index contributed by atoms with van der Waals surface area (Å²) in [5.41, 5.74) is 3.26. The summed E-state index contributed by atoms with van der Waals surface area (Å²) in [7, 11) is 0. The van der Waals surface area contributed by atoms with Crippen molar-refractivity contribution >= 4 is 27.3 Å². The molecule has 28 heavy (non-hydrogen) atoms. The third kappa shape index (κ3) is 2.82. The molecule has 0 atom stereocenters. The minimum Gasteiger partial charge on any atom is -0.493 e. The molecule has 2 aromatic heterocycles. The van der Waals surface area contributed by atoms with Crippen molar-refractivity contribution in [1.82, 2.24) is 9.55 Å². The van der Waals surface area contributed by atoms with Gasteiger partial charge in [0.15, 0.2) is 5.78 Å². The number of fused-ring (bicyclic) bond motifs is 2. The number of nitrogens with zero attached hydrogens (tertiary/aromatic N) is 2. The first-order valence-electron chi connectivity index (χ1n) is 9.02. The number of Topliss-reactive ketones (excluding diaryl/α,β-unsaturated/α-hetero) is 1. The maximum atomic E-state index is 13.1. The van der Waals surface area contributed by atoms with Gasteiger partial charge in [-0.15, -0.1) is 11.3 Å². The van der Waals surface area contributed by atoms with Crippen LogP contribution >= 0.6 is 11.3 Å². The Bertz CT molecular complexity index is 1260. The van der Waals surface area contributed by atoms with Crippen molar-refractivity contribution in [3.63, 3.8) is 0 Å². The highest BCUT2D eigenvalue weighted by atomic mass is 32.1. The first-order chi connectivity index (χ1) is 13.7. The number of carbonyl (C=O) groups is 1. The fourth-order valence-electron chi connectivity index (χ4n) is 3.52. The van der Waals surface area contributed by atoms with E-state index in [0.29, 0.717) is 22.4 Å². The van der Waals surface area contributed by atoms with E-state index in [1.807, 2.05) is 47.8 Å². The number of hydrogen-bond acceptors (Lipinski definition) is 5. The van der Waals surface area contributed by atoms with E-state index in [4.69, 9.17) is 4.74 Å². The molecule has 0 saturated carbocycles. The van der Waals surface area contributed by atoms with Crippen molar-refractivity contribution in [2.75, 3.05) is 6.61 Å². The van der Waals surface area contributed by atoms with Crippen molar-refractivity contribution in [2.45, 2.75) is 13.0 Å². The summed E-state index contributed by atoms with van der Waals surface area (Å²) >= 11 is 1.44. The number of benzene rings is 2. The number of hydrogen-bond donors (Lipinski definition) is 0. The molecule has 0 N–H and O–H groups in total. The lowest BCUT2D eigenvalue weighted by molar-refractivity contribution is 0.0970. The van der Waals surface area contributed by atoms with E-state index in [9.17, 15) is 9.59 Å². The lowest BCUT2D eigenvalue weighted by Gasteiger charge is -2.07. The first-order valence-corrected chi connectivity index (χ1v) is 9.89. The minimum atomic E-state index is -0.192. The molecule has 5 rings (SSSR count). The zero-order valence-electron chi connectivity index (χ0n) is 14.9. The Hall–Kier alpha value is -3.25. The monoisotopic (exact) mass is 388 g/mol. The molecule has 0 saturated heterocycles. The van der Waals surface area contributed by atoms with Crippen molar-refractivity contribution < 1.29 is 9.53 Å². The topological polar surface area (TPSA) is 61.2 Å². The standard InChI is InChI=1S/C22H16N2O3S/c25-18(15-6-7-19-16(10-15)8-9-27-19)11-24-13-23-21-20(22(24)26)17(12-28-21)14-4-2-1-3-5-14/h1-7,10,12-13H,8-9,11H2. The predicted molar refractivity (Wildman–Crippen MR) is 109 cm³/mol. The van der Waals surface area contributed by atoms with Gasteiger partial charge in [-0.3, -0.25) is 14.2 Å². The highest BCUT2D eigenvalue weighted by molar-refractivity contribution is 7.17. The van der Waals surface area contributed by atoms with Crippen molar-refractivity contribution in [3.05, 3.63) is 81.7 Å². The van der Waals surface area contributed by atoms with Gasteiger partial charge in [-0.05, 0) is 29.3 Å². The predicted octanol–water partition coefficient (Wildman–Crippen LogP) is 3.94.